The number of halogens is 3. The topological polar surface area (TPSA) is 98.6 Å². The zero-order valence-corrected chi connectivity index (χ0v) is 15.4. The van der Waals surface area contributed by atoms with Gasteiger partial charge in [-0.05, 0) is 49.7 Å². The second kappa shape index (κ2) is 7.39. The number of nitriles is 1. The number of hydrogen-bond donors (Lipinski definition) is 2. The van der Waals surface area contributed by atoms with Gasteiger partial charge in [0.2, 0.25) is 0 Å². The van der Waals surface area contributed by atoms with Gasteiger partial charge < -0.3 is 10.3 Å². The van der Waals surface area contributed by atoms with Gasteiger partial charge in [0.25, 0.3) is 11.5 Å². The van der Waals surface area contributed by atoms with E-state index >= 15 is 0 Å². The molecule has 1 amide bonds. The second-order valence-corrected chi connectivity index (χ2v) is 6.47. The summed E-state index contributed by atoms with van der Waals surface area (Å²) in [6, 6.07) is 8.65. The standard InChI is InChI=1S/C20H15F3N4O2/c1-10-14-8-12(21)6-7-16(14)27-18(28)17(10)20(22,23)19(29)25-11(2)15-5-3-4-13(9-24)26-15/h3-8,11H,1-2H3,(H,25,29)(H,27,28)/t11-/m0/s1. The monoisotopic (exact) mass is 400 g/mol. The molecule has 6 nitrogen and oxygen atoms in total. The van der Waals surface area contributed by atoms with E-state index in [1.807, 2.05) is 6.07 Å². The molecule has 2 heterocycles. The lowest BCUT2D eigenvalue weighted by molar-refractivity contribution is -0.148. The van der Waals surface area contributed by atoms with E-state index in [4.69, 9.17) is 5.26 Å². The Balaban J connectivity index is 1.98. The molecule has 1 atom stereocenters. The number of amides is 1. The molecule has 0 saturated carbocycles. The first kappa shape index (κ1) is 20.1. The average molecular weight is 400 g/mol. The van der Waals surface area contributed by atoms with Crippen molar-refractivity contribution in [3.63, 3.8) is 0 Å². The number of carbonyl (C=O) groups excluding carboxylic acids is 1. The molecule has 0 aliphatic heterocycles. The normalized spacial score (nSPS) is 12.4. The fraction of sp³-hybridized carbons (Fsp3) is 0.200. The number of pyridine rings is 2. The first-order valence-electron chi connectivity index (χ1n) is 8.53. The lowest BCUT2D eigenvalue weighted by atomic mass is 9.99. The van der Waals surface area contributed by atoms with Crippen LogP contribution in [-0.2, 0) is 10.7 Å². The summed E-state index contributed by atoms with van der Waals surface area (Å²) in [4.78, 5) is 30.8. The van der Waals surface area contributed by atoms with Crippen molar-refractivity contribution >= 4 is 16.8 Å². The molecule has 0 unspecified atom stereocenters. The van der Waals surface area contributed by atoms with E-state index in [1.54, 1.807) is 0 Å². The lowest BCUT2D eigenvalue weighted by Crippen LogP contribution is -2.43. The molecule has 0 spiro atoms. The molecule has 0 aliphatic carbocycles. The first-order valence-corrected chi connectivity index (χ1v) is 8.53. The molecule has 148 valence electrons. The van der Waals surface area contributed by atoms with Gasteiger partial charge >= 0.3 is 5.92 Å². The van der Waals surface area contributed by atoms with Crippen LogP contribution in [0.5, 0.6) is 0 Å². The first-order chi connectivity index (χ1) is 13.6. The van der Waals surface area contributed by atoms with Crippen LogP contribution in [0.4, 0.5) is 13.2 Å². The van der Waals surface area contributed by atoms with E-state index in [1.165, 1.54) is 38.1 Å². The van der Waals surface area contributed by atoms with Gasteiger partial charge in [0, 0.05) is 10.9 Å². The summed E-state index contributed by atoms with van der Waals surface area (Å²) >= 11 is 0. The van der Waals surface area contributed by atoms with E-state index < -0.39 is 34.8 Å². The highest BCUT2D eigenvalue weighted by molar-refractivity contribution is 5.89. The number of nitrogens with one attached hydrogen (secondary N) is 2. The number of aryl methyl sites for hydroxylation is 1. The third kappa shape index (κ3) is 3.69. The fourth-order valence-electron chi connectivity index (χ4n) is 3.03. The minimum Gasteiger partial charge on any atom is -0.342 e. The van der Waals surface area contributed by atoms with E-state index in [0.717, 1.165) is 12.1 Å². The van der Waals surface area contributed by atoms with Gasteiger partial charge in [-0.25, -0.2) is 9.37 Å². The summed E-state index contributed by atoms with van der Waals surface area (Å²) in [6.45, 7) is 2.65. The lowest BCUT2D eigenvalue weighted by Gasteiger charge is -2.21. The Kier molecular flexibility index (Phi) is 5.12. The molecule has 9 heteroatoms. The Bertz CT molecular complexity index is 1210. The number of rotatable bonds is 4. The summed E-state index contributed by atoms with van der Waals surface area (Å²) < 4.78 is 43.4. The summed E-state index contributed by atoms with van der Waals surface area (Å²) in [7, 11) is 0. The van der Waals surface area contributed by atoms with Crippen LogP contribution in [0.15, 0.2) is 41.2 Å². The largest absolute Gasteiger partial charge is 0.355 e. The van der Waals surface area contributed by atoms with Gasteiger partial charge in [-0.1, -0.05) is 6.07 Å². The number of aromatic amines is 1. The Morgan fingerprint density at radius 3 is 2.72 bits per heavy atom. The van der Waals surface area contributed by atoms with Crippen molar-refractivity contribution < 1.29 is 18.0 Å². The predicted octanol–water partition coefficient (Wildman–Crippen LogP) is 3.21. The van der Waals surface area contributed by atoms with Crippen LogP contribution < -0.4 is 10.9 Å². The van der Waals surface area contributed by atoms with Crippen LogP contribution in [0.2, 0.25) is 0 Å². The highest BCUT2D eigenvalue weighted by Crippen LogP contribution is 2.32. The minimum absolute atomic E-state index is 0.0687. The SMILES string of the molecule is Cc1c(C(F)(F)C(=O)N[C@@H](C)c2cccc(C#N)n2)c(=O)[nH]c2ccc(F)cc12. The Hall–Kier alpha value is -3.67. The van der Waals surface area contributed by atoms with Crippen LogP contribution in [0.3, 0.4) is 0 Å². The Labute approximate surface area is 163 Å². The highest BCUT2D eigenvalue weighted by atomic mass is 19.3. The molecule has 0 bridgehead atoms. The molecule has 3 rings (SSSR count). The fourth-order valence-corrected chi connectivity index (χ4v) is 3.03. The van der Waals surface area contributed by atoms with Gasteiger partial charge in [-0.3, -0.25) is 9.59 Å². The minimum atomic E-state index is -4.18. The number of H-pyrrole nitrogens is 1. The zero-order chi connectivity index (χ0) is 21.3. The molecular weight excluding hydrogens is 385 g/mol. The van der Waals surface area contributed by atoms with Crippen molar-refractivity contribution in [1.29, 1.82) is 5.26 Å². The summed E-state index contributed by atoms with van der Waals surface area (Å²) in [5, 5.41) is 11.1. The molecule has 29 heavy (non-hydrogen) atoms. The maximum atomic E-state index is 14.9. The molecule has 0 saturated heterocycles. The zero-order valence-electron chi connectivity index (χ0n) is 15.4. The third-order valence-electron chi connectivity index (χ3n) is 4.51. The van der Waals surface area contributed by atoms with Crippen LogP contribution >= 0.6 is 0 Å². The van der Waals surface area contributed by atoms with E-state index in [0.29, 0.717) is 0 Å². The summed E-state index contributed by atoms with van der Waals surface area (Å²) in [5.41, 5.74) is -1.93. The third-order valence-corrected chi connectivity index (χ3v) is 4.51. The van der Waals surface area contributed by atoms with Crippen molar-refractivity contribution in [3.8, 4) is 6.07 Å². The van der Waals surface area contributed by atoms with Crippen molar-refractivity contribution in [2.45, 2.75) is 25.8 Å². The molecule has 2 aromatic heterocycles. The number of aromatic nitrogens is 2. The average Bonchev–Trinajstić information content (AvgIpc) is 2.68. The number of benzene rings is 1. The highest BCUT2D eigenvalue weighted by Gasteiger charge is 2.45. The van der Waals surface area contributed by atoms with Crippen molar-refractivity contribution in [2.24, 2.45) is 0 Å². The second-order valence-electron chi connectivity index (χ2n) is 6.47. The van der Waals surface area contributed by atoms with E-state index in [-0.39, 0.29) is 27.9 Å². The summed E-state index contributed by atoms with van der Waals surface area (Å²) in [5.74, 6) is -6.55. The molecule has 0 aliphatic rings. The van der Waals surface area contributed by atoms with Gasteiger partial charge in [0.05, 0.1) is 17.3 Å². The number of hydrogen-bond acceptors (Lipinski definition) is 4. The number of carbonyl (C=O) groups is 1. The maximum Gasteiger partial charge on any atom is 0.355 e. The quantitative estimate of drug-likeness (QED) is 0.703. The van der Waals surface area contributed by atoms with Crippen LogP contribution in [0.25, 0.3) is 10.9 Å². The van der Waals surface area contributed by atoms with Crippen LogP contribution in [0, 0.1) is 24.1 Å². The number of alkyl halides is 2. The molecule has 0 radical (unpaired) electrons. The summed E-state index contributed by atoms with van der Waals surface area (Å²) in [6.07, 6.45) is 0. The van der Waals surface area contributed by atoms with Crippen LogP contribution in [-0.4, -0.2) is 15.9 Å². The smallest absolute Gasteiger partial charge is 0.342 e. The molecule has 0 fully saturated rings. The van der Waals surface area contributed by atoms with Crippen molar-refractivity contribution in [1.82, 2.24) is 15.3 Å². The molecule has 1 aromatic carbocycles. The van der Waals surface area contributed by atoms with Gasteiger partial charge in [-0.15, -0.1) is 0 Å². The Morgan fingerprint density at radius 1 is 1.31 bits per heavy atom. The van der Waals surface area contributed by atoms with E-state index in [9.17, 15) is 22.8 Å². The number of fused-ring (bicyclic) bond motifs is 1. The van der Waals surface area contributed by atoms with Gasteiger partial charge in [-0.2, -0.15) is 14.0 Å². The molecular formula is C20H15F3N4O2. The van der Waals surface area contributed by atoms with Gasteiger partial charge in [0.1, 0.15) is 17.6 Å². The van der Waals surface area contributed by atoms with Crippen molar-refractivity contribution in [3.05, 3.63) is 75.1 Å². The van der Waals surface area contributed by atoms with Crippen LogP contribution in [0.1, 0.15) is 35.5 Å². The molecule has 3 aromatic rings. The predicted molar refractivity (Wildman–Crippen MR) is 98.7 cm³/mol. The molecule has 2 N–H and O–H groups in total. The Morgan fingerprint density at radius 2 is 2.03 bits per heavy atom. The van der Waals surface area contributed by atoms with E-state index in [2.05, 4.69) is 15.3 Å². The van der Waals surface area contributed by atoms with Crippen molar-refractivity contribution in [2.75, 3.05) is 0 Å². The van der Waals surface area contributed by atoms with Gasteiger partial charge in [0.15, 0.2) is 0 Å². The number of nitrogens with zero attached hydrogens (tertiary/aromatic N) is 2. The maximum absolute atomic E-state index is 14.9.